The van der Waals surface area contributed by atoms with Crippen molar-refractivity contribution in [3.8, 4) is 5.75 Å². The third-order valence-electron chi connectivity index (χ3n) is 3.32. The van der Waals surface area contributed by atoms with E-state index in [4.69, 9.17) is 9.47 Å². The van der Waals surface area contributed by atoms with Gasteiger partial charge in [-0.15, -0.1) is 0 Å². The van der Waals surface area contributed by atoms with Crippen LogP contribution in [0.2, 0.25) is 0 Å². The lowest BCUT2D eigenvalue weighted by molar-refractivity contribution is 0.104. The second kappa shape index (κ2) is 6.90. The Morgan fingerprint density at radius 1 is 1.24 bits per heavy atom. The van der Waals surface area contributed by atoms with Gasteiger partial charge in [0.2, 0.25) is 0 Å². The van der Waals surface area contributed by atoms with Crippen LogP contribution in [0.1, 0.15) is 10.4 Å². The molecule has 0 heterocycles. The van der Waals surface area contributed by atoms with Gasteiger partial charge in [0.1, 0.15) is 11.5 Å². The van der Waals surface area contributed by atoms with Crippen molar-refractivity contribution in [2.75, 3.05) is 14.2 Å². The molecular weight excluding hydrogens is 268 g/mol. The highest BCUT2D eigenvalue weighted by molar-refractivity contribution is 6.04. The molecule has 1 aromatic rings. The number of aromatic hydroxyl groups is 1. The van der Waals surface area contributed by atoms with E-state index in [-0.39, 0.29) is 23.6 Å². The van der Waals surface area contributed by atoms with Crippen LogP contribution in [0.5, 0.6) is 5.75 Å². The summed E-state index contributed by atoms with van der Waals surface area (Å²) in [4.78, 5) is 12.0. The van der Waals surface area contributed by atoms with Gasteiger partial charge in [-0.2, -0.15) is 0 Å². The van der Waals surface area contributed by atoms with Crippen molar-refractivity contribution in [2.45, 2.75) is 6.10 Å². The van der Waals surface area contributed by atoms with Crippen molar-refractivity contribution >= 4 is 5.78 Å². The van der Waals surface area contributed by atoms with E-state index in [0.29, 0.717) is 5.56 Å². The molecule has 110 valence electrons. The number of carbonyl (C=O) groups excluding carboxylic acids is 1. The number of rotatable bonds is 5. The Hall–Kier alpha value is -2.33. The fraction of sp³-hybridized carbons (Fsp3) is 0.235. The Bertz CT molecular complexity index is 581. The van der Waals surface area contributed by atoms with Gasteiger partial charge in [-0.3, -0.25) is 4.79 Å². The van der Waals surface area contributed by atoms with Crippen molar-refractivity contribution in [3.63, 3.8) is 0 Å². The summed E-state index contributed by atoms with van der Waals surface area (Å²) in [5.41, 5.74) is 0.533. The van der Waals surface area contributed by atoms with Crippen LogP contribution in [-0.2, 0) is 9.47 Å². The van der Waals surface area contributed by atoms with Gasteiger partial charge in [0.25, 0.3) is 0 Å². The molecule has 1 aromatic carbocycles. The number of methoxy groups -OCH3 is 2. The number of allylic oxidation sites excluding steroid dienone is 2. The summed E-state index contributed by atoms with van der Waals surface area (Å²) in [5, 5.41) is 9.21. The molecule has 0 radical (unpaired) electrons. The van der Waals surface area contributed by atoms with Crippen LogP contribution in [0.15, 0.2) is 60.4 Å². The molecule has 0 fully saturated rings. The predicted molar refractivity (Wildman–Crippen MR) is 80.1 cm³/mol. The summed E-state index contributed by atoms with van der Waals surface area (Å²) in [6.07, 6.45) is 8.85. The average molecular weight is 286 g/mol. The normalized spacial score (nSPS) is 21.3. The number of phenolic OH excluding ortho intramolecular Hbond substituents is 1. The zero-order valence-corrected chi connectivity index (χ0v) is 12.0. The van der Waals surface area contributed by atoms with Crippen molar-refractivity contribution in [2.24, 2.45) is 5.92 Å². The molecular formula is C17H18O4. The van der Waals surface area contributed by atoms with Crippen LogP contribution in [0.4, 0.5) is 0 Å². The standard InChI is InChI=1S/C17H18O4/c1-20-15-9-5-13(17(11-15)21-2)6-10-16(19)12-3-7-14(18)8-4-12/h3-11,13,17-18H,1-2H3/b10-6+. The van der Waals surface area contributed by atoms with Crippen LogP contribution in [0.25, 0.3) is 0 Å². The van der Waals surface area contributed by atoms with Crippen LogP contribution >= 0.6 is 0 Å². The zero-order chi connectivity index (χ0) is 15.2. The highest BCUT2D eigenvalue weighted by atomic mass is 16.5. The summed E-state index contributed by atoms with van der Waals surface area (Å²) in [5.74, 6) is 0.758. The molecule has 0 spiro atoms. The Kier molecular flexibility index (Phi) is 4.95. The average Bonchev–Trinajstić information content (AvgIpc) is 2.53. The molecule has 1 aliphatic carbocycles. The molecule has 0 bridgehead atoms. The van der Waals surface area contributed by atoms with Crippen LogP contribution < -0.4 is 0 Å². The minimum atomic E-state index is -0.159. The van der Waals surface area contributed by atoms with Crippen LogP contribution in [0.3, 0.4) is 0 Å². The lowest BCUT2D eigenvalue weighted by Crippen LogP contribution is -2.20. The number of phenols is 1. The van der Waals surface area contributed by atoms with E-state index in [1.54, 1.807) is 26.4 Å². The predicted octanol–water partition coefficient (Wildman–Crippen LogP) is 2.86. The first kappa shape index (κ1) is 15.1. The molecule has 1 N–H and O–H groups in total. The SMILES string of the molecule is COC1=CC(OC)C(/C=C/C(=O)c2ccc(O)cc2)C=C1. The Morgan fingerprint density at radius 3 is 2.57 bits per heavy atom. The van der Waals surface area contributed by atoms with Gasteiger partial charge < -0.3 is 14.6 Å². The fourth-order valence-corrected chi connectivity index (χ4v) is 2.10. The number of hydrogen-bond donors (Lipinski definition) is 1. The van der Waals surface area contributed by atoms with E-state index in [2.05, 4.69) is 0 Å². The number of carbonyl (C=O) groups is 1. The molecule has 0 amide bonds. The molecule has 2 atom stereocenters. The van der Waals surface area contributed by atoms with Crippen LogP contribution in [0, 0.1) is 5.92 Å². The molecule has 0 saturated carbocycles. The van der Waals surface area contributed by atoms with E-state index in [1.807, 2.05) is 24.3 Å². The molecule has 0 saturated heterocycles. The maximum absolute atomic E-state index is 12.0. The van der Waals surface area contributed by atoms with Crippen molar-refractivity contribution < 1.29 is 19.4 Å². The Morgan fingerprint density at radius 2 is 1.95 bits per heavy atom. The fourth-order valence-electron chi connectivity index (χ4n) is 2.10. The maximum atomic E-state index is 12.0. The van der Waals surface area contributed by atoms with Crippen molar-refractivity contribution in [1.82, 2.24) is 0 Å². The van der Waals surface area contributed by atoms with E-state index in [0.717, 1.165) is 5.76 Å². The quantitative estimate of drug-likeness (QED) is 0.668. The Balaban J connectivity index is 2.07. The Labute approximate surface area is 124 Å². The number of ether oxygens (including phenoxy) is 2. The molecule has 2 unspecified atom stereocenters. The van der Waals surface area contributed by atoms with Gasteiger partial charge in [-0.05, 0) is 42.5 Å². The monoisotopic (exact) mass is 286 g/mol. The highest BCUT2D eigenvalue weighted by Gasteiger charge is 2.19. The van der Waals surface area contributed by atoms with Gasteiger partial charge in [0.05, 0.1) is 13.2 Å². The second-order valence-electron chi connectivity index (χ2n) is 4.68. The lowest BCUT2D eigenvalue weighted by atomic mass is 9.95. The minimum absolute atomic E-state index is 0.0186. The summed E-state index contributed by atoms with van der Waals surface area (Å²) in [7, 11) is 3.23. The van der Waals surface area contributed by atoms with Crippen LogP contribution in [-0.4, -0.2) is 31.2 Å². The summed E-state index contributed by atoms with van der Waals surface area (Å²) >= 11 is 0. The first-order valence-corrected chi connectivity index (χ1v) is 6.62. The molecule has 4 heteroatoms. The van der Waals surface area contributed by atoms with Gasteiger partial charge in [0.15, 0.2) is 5.78 Å². The third kappa shape index (κ3) is 3.83. The van der Waals surface area contributed by atoms with Gasteiger partial charge >= 0.3 is 0 Å². The number of ketones is 1. The maximum Gasteiger partial charge on any atom is 0.185 e. The third-order valence-corrected chi connectivity index (χ3v) is 3.32. The zero-order valence-electron chi connectivity index (χ0n) is 12.0. The van der Waals surface area contributed by atoms with E-state index < -0.39 is 0 Å². The molecule has 4 nitrogen and oxygen atoms in total. The highest BCUT2D eigenvalue weighted by Crippen LogP contribution is 2.21. The largest absolute Gasteiger partial charge is 0.508 e. The van der Waals surface area contributed by atoms with Gasteiger partial charge in [-0.1, -0.05) is 12.2 Å². The van der Waals surface area contributed by atoms with Gasteiger partial charge in [0, 0.05) is 18.6 Å². The number of benzene rings is 1. The summed E-state index contributed by atoms with van der Waals surface area (Å²) in [6, 6.07) is 6.17. The summed E-state index contributed by atoms with van der Waals surface area (Å²) < 4.78 is 10.5. The molecule has 1 aliphatic rings. The minimum Gasteiger partial charge on any atom is -0.508 e. The molecule has 2 rings (SSSR count). The van der Waals surface area contributed by atoms with E-state index in [9.17, 15) is 9.90 Å². The molecule has 21 heavy (non-hydrogen) atoms. The van der Waals surface area contributed by atoms with E-state index in [1.165, 1.54) is 18.2 Å². The number of hydrogen-bond acceptors (Lipinski definition) is 4. The van der Waals surface area contributed by atoms with Crippen molar-refractivity contribution in [3.05, 3.63) is 66.0 Å². The second-order valence-corrected chi connectivity index (χ2v) is 4.68. The lowest BCUT2D eigenvalue weighted by Gasteiger charge is -2.21. The van der Waals surface area contributed by atoms with E-state index >= 15 is 0 Å². The smallest absolute Gasteiger partial charge is 0.185 e. The topological polar surface area (TPSA) is 55.8 Å². The summed E-state index contributed by atoms with van der Waals surface area (Å²) in [6.45, 7) is 0. The first-order chi connectivity index (χ1) is 10.1. The molecule has 0 aromatic heterocycles. The first-order valence-electron chi connectivity index (χ1n) is 6.62. The van der Waals surface area contributed by atoms with Gasteiger partial charge in [-0.25, -0.2) is 0 Å². The van der Waals surface area contributed by atoms with Crippen molar-refractivity contribution in [1.29, 1.82) is 0 Å². The molecule has 0 aliphatic heterocycles.